The molecule has 0 spiro atoms. The van der Waals surface area contributed by atoms with Crippen LogP contribution in [0, 0.1) is 6.92 Å². The van der Waals surface area contributed by atoms with E-state index in [1.807, 2.05) is 18.6 Å². The quantitative estimate of drug-likeness (QED) is 0.927. The van der Waals surface area contributed by atoms with E-state index in [1.165, 1.54) is 0 Å². The molecule has 1 saturated heterocycles. The summed E-state index contributed by atoms with van der Waals surface area (Å²) in [6.45, 7) is 5.94. The molecule has 0 atom stereocenters. The predicted octanol–water partition coefficient (Wildman–Crippen LogP) is 1.61. The van der Waals surface area contributed by atoms with E-state index in [0.29, 0.717) is 0 Å². The van der Waals surface area contributed by atoms with Gasteiger partial charge in [-0.25, -0.2) is 15.0 Å². The Kier molecular flexibility index (Phi) is 3.68. The normalized spacial score (nSPS) is 15.5. The summed E-state index contributed by atoms with van der Waals surface area (Å²) in [6, 6.07) is 0. The van der Waals surface area contributed by atoms with Crippen LogP contribution in [0.25, 0.3) is 0 Å². The van der Waals surface area contributed by atoms with Gasteiger partial charge in [0.15, 0.2) is 5.13 Å². The molecule has 2 aromatic heterocycles. The molecule has 0 aromatic carbocycles. The fraction of sp³-hybridized carbons (Fsp3) is 0.462. The number of hydrogen-bond donors (Lipinski definition) is 1. The molecule has 0 saturated carbocycles. The van der Waals surface area contributed by atoms with Crippen molar-refractivity contribution < 1.29 is 0 Å². The van der Waals surface area contributed by atoms with Gasteiger partial charge in [-0.15, -0.1) is 11.3 Å². The van der Waals surface area contributed by atoms with Crippen molar-refractivity contribution in [2.45, 2.75) is 6.92 Å². The first kappa shape index (κ1) is 13.1. The summed E-state index contributed by atoms with van der Waals surface area (Å²) in [5.41, 5.74) is 1.11. The minimum absolute atomic E-state index is 0.900. The summed E-state index contributed by atoms with van der Waals surface area (Å²) >= 11 is 1.70. The number of nitrogens with zero attached hydrogens (tertiary/aromatic N) is 5. The molecule has 0 unspecified atom stereocenters. The maximum atomic E-state index is 4.44. The molecule has 1 aliphatic rings. The summed E-state index contributed by atoms with van der Waals surface area (Å²) in [5, 5.41) is 6.24. The third-order valence-electron chi connectivity index (χ3n) is 3.56. The molecule has 3 heterocycles. The van der Waals surface area contributed by atoms with Crippen molar-refractivity contribution in [3.63, 3.8) is 0 Å². The Morgan fingerprint density at radius 3 is 2.50 bits per heavy atom. The Morgan fingerprint density at radius 2 is 1.85 bits per heavy atom. The van der Waals surface area contributed by atoms with Crippen molar-refractivity contribution in [1.82, 2.24) is 15.0 Å². The van der Waals surface area contributed by atoms with Gasteiger partial charge in [-0.2, -0.15) is 0 Å². The van der Waals surface area contributed by atoms with E-state index >= 15 is 0 Å². The molecule has 0 aliphatic carbocycles. The second-order valence-corrected chi connectivity index (χ2v) is 5.58. The highest BCUT2D eigenvalue weighted by atomic mass is 32.1. The van der Waals surface area contributed by atoms with Gasteiger partial charge < -0.3 is 15.1 Å². The largest absolute Gasteiger partial charge is 0.373 e. The molecular formula is C13H18N6S. The molecule has 1 N–H and O–H groups in total. The van der Waals surface area contributed by atoms with E-state index in [1.54, 1.807) is 17.7 Å². The minimum atomic E-state index is 0.900. The van der Waals surface area contributed by atoms with Gasteiger partial charge >= 0.3 is 0 Å². The highest BCUT2D eigenvalue weighted by Gasteiger charge is 2.21. The van der Waals surface area contributed by atoms with Crippen LogP contribution in [-0.4, -0.2) is 48.2 Å². The average molecular weight is 290 g/mol. The van der Waals surface area contributed by atoms with Crippen molar-refractivity contribution in [1.29, 1.82) is 0 Å². The standard InChI is InChI=1S/C13H18N6S/c1-10-11(14-2)16-9-17-12(10)18-4-6-19(7-5-18)13-15-3-8-20-13/h3,8-9H,4-7H2,1-2H3,(H,14,16,17). The van der Waals surface area contributed by atoms with E-state index in [2.05, 4.69) is 37.0 Å². The fourth-order valence-corrected chi connectivity index (χ4v) is 3.19. The molecule has 1 aliphatic heterocycles. The molecule has 2 aromatic rings. The van der Waals surface area contributed by atoms with Gasteiger partial charge in [0.2, 0.25) is 0 Å². The summed E-state index contributed by atoms with van der Waals surface area (Å²) in [4.78, 5) is 17.7. The molecule has 20 heavy (non-hydrogen) atoms. The van der Waals surface area contributed by atoms with E-state index < -0.39 is 0 Å². The van der Waals surface area contributed by atoms with Crippen molar-refractivity contribution in [3.8, 4) is 0 Å². The van der Waals surface area contributed by atoms with E-state index in [0.717, 1.165) is 48.5 Å². The summed E-state index contributed by atoms with van der Waals surface area (Å²) in [7, 11) is 1.89. The van der Waals surface area contributed by atoms with Crippen LogP contribution < -0.4 is 15.1 Å². The zero-order chi connectivity index (χ0) is 13.9. The summed E-state index contributed by atoms with van der Waals surface area (Å²) in [6.07, 6.45) is 3.49. The van der Waals surface area contributed by atoms with Crippen molar-refractivity contribution in [2.24, 2.45) is 0 Å². The van der Waals surface area contributed by atoms with Crippen molar-refractivity contribution in [2.75, 3.05) is 48.3 Å². The van der Waals surface area contributed by atoms with Gasteiger partial charge in [-0.05, 0) is 6.92 Å². The minimum Gasteiger partial charge on any atom is -0.373 e. The average Bonchev–Trinajstić information content (AvgIpc) is 3.02. The third kappa shape index (κ3) is 2.40. The molecule has 0 radical (unpaired) electrons. The molecule has 0 bridgehead atoms. The molecule has 0 amide bonds. The van der Waals surface area contributed by atoms with Gasteiger partial charge in [0.25, 0.3) is 0 Å². The molecule has 3 rings (SSSR count). The van der Waals surface area contributed by atoms with Crippen LogP contribution in [0.2, 0.25) is 0 Å². The zero-order valence-electron chi connectivity index (χ0n) is 11.7. The second kappa shape index (κ2) is 5.62. The van der Waals surface area contributed by atoms with Crippen LogP contribution >= 0.6 is 11.3 Å². The Labute approximate surface area is 122 Å². The van der Waals surface area contributed by atoms with Gasteiger partial charge in [0.1, 0.15) is 18.0 Å². The lowest BCUT2D eigenvalue weighted by Crippen LogP contribution is -2.47. The number of anilines is 3. The monoisotopic (exact) mass is 290 g/mol. The maximum absolute atomic E-state index is 4.44. The predicted molar refractivity (Wildman–Crippen MR) is 82.9 cm³/mol. The molecular weight excluding hydrogens is 272 g/mol. The Balaban J connectivity index is 1.72. The number of piperazine rings is 1. The first-order chi connectivity index (χ1) is 9.79. The SMILES string of the molecule is CNc1ncnc(N2CCN(c3nccs3)CC2)c1C. The van der Waals surface area contributed by atoms with E-state index in [9.17, 15) is 0 Å². The Morgan fingerprint density at radius 1 is 1.10 bits per heavy atom. The van der Waals surface area contributed by atoms with Crippen LogP contribution in [0.5, 0.6) is 0 Å². The number of nitrogens with one attached hydrogen (secondary N) is 1. The third-order valence-corrected chi connectivity index (χ3v) is 4.40. The van der Waals surface area contributed by atoms with Crippen LogP contribution in [0.1, 0.15) is 5.56 Å². The van der Waals surface area contributed by atoms with Crippen LogP contribution in [0.3, 0.4) is 0 Å². The number of aromatic nitrogens is 3. The fourth-order valence-electron chi connectivity index (χ4n) is 2.49. The second-order valence-electron chi connectivity index (χ2n) is 4.71. The van der Waals surface area contributed by atoms with Gasteiger partial charge in [-0.3, -0.25) is 0 Å². The molecule has 6 nitrogen and oxygen atoms in total. The molecule has 1 fully saturated rings. The highest BCUT2D eigenvalue weighted by Crippen LogP contribution is 2.25. The topological polar surface area (TPSA) is 57.2 Å². The number of hydrogen-bond acceptors (Lipinski definition) is 7. The van der Waals surface area contributed by atoms with Gasteiger partial charge in [0.05, 0.1) is 0 Å². The summed E-state index contributed by atoms with van der Waals surface area (Å²) in [5.74, 6) is 1.93. The first-order valence-electron chi connectivity index (χ1n) is 6.68. The Hall–Kier alpha value is -1.89. The Bertz CT molecular complexity index is 562. The smallest absolute Gasteiger partial charge is 0.185 e. The van der Waals surface area contributed by atoms with Crippen LogP contribution in [-0.2, 0) is 0 Å². The van der Waals surface area contributed by atoms with Crippen molar-refractivity contribution in [3.05, 3.63) is 23.5 Å². The maximum Gasteiger partial charge on any atom is 0.185 e. The number of rotatable bonds is 3. The first-order valence-corrected chi connectivity index (χ1v) is 7.56. The molecule has 106 valence electrons. The van der Waals surface area contributed by atoms with E-state index in [-0.39, 0.29) is 0 Å². The summed E-state index contributed by atoms with van der Waals surface area (Å²) < 4.78 is 0. The lowest BCUT2D eigenvalue weighted by Gasteiger charge is -2.35. The zero-order valence-corrected chi connectivity index (χ0v) is 12.5. The highest BCUT2D eigenvalue weighted by molar-refractivity contribution is 7.13. The van der Waals surface area contributed by atoms with Gasteiger partial charge in [-0.1, -0.05) is 0 Å². The lowest BCUT2D eigenvalue weighted by molar-refractivity contribution is 0.644. The van der Waals surface area contributed by atoms with E-state index in [4.69, 9.17) is 0 Å². The van der Waals surface area contributed by atoms with Crippen LogP contribution in [0.4, 0.5) is 16.8 Å². The lowest BCUT2D eigenvalue weighted by atomic mass is 10.2. The van der Waals surface area contributed by atoms with Crippen LogP contribution in [0.15, 0.2) is 17.9 Å². The van der Waals surface area contributed by atoms with Crippen molar-refractivity contribution >= 4 is 28.1 Å². The van der Waals surface area contributed by atoms with Gasteiger partial charge in [0, 0.05) is 50.4 Å². The number of thiazole rings is 1. The molecule has 7 heteroatoms.